The Balaban J connectivity index is 1.66. The number of hydrogen-bond acceptors (Lipinski definition) is 7. The number of thiophene rings is 1. The van der Waals surface area contributed by atoms with Crippen LogP contribution in [0.4, 0.5) is 4.39 Å². The number of carbonyl (C=O) groups excluding carboxylic acids is 2. The molecule has 0 bridgehead atoms. The second-order valence-corrected chi connectivity index (χ2v) is 7.96. The Morgan fingerprint density at radius 3 is 2.71 bits per heavy atom. The maximum atomic E-state index is 14.1. The van der Waals surface area contributed by atoms with E-state index in [-0.39, 0.29) is 12.4 Å². The zero-order chi connectivity index (χ0) is 24.5. The minimum atomic E-state index is -0.508. The molecule has 0 radical (unpaired) electrons. The summed E-state index contributed by atoms with van der Waals surface area (Å²) in [6.45, 7) is 2.40. The fourth-order valence-corrected chi connectivity index (χ4v) is 4.19. The Labute approximate surface area is 200 Å². The number of carbonyl (C=O) groups is 2. The number of methoxy groups -OCH3 is 2. The van der Waals surface area contributed by atoms with Crippen molar-refractivity contribution >= 4 is 38.9 Å². The largest absolute Gasteiger partial charge is 0.493 e. The predicted octanol–water partition coefficient (Wildman–Crippen LogP) is 3.73. The Morgan fingerprint density at radius 2 is 1.97 bits per heavy atom. The average molecular weight is 488 g/mol. The number of halogens is 1. The molecule has 0 aliphatic carbocycles. The van der Waals surface area contributed by atoms with Crippen molar-refractivity contribution < 1.29 is 28.2 Å². The van der Waals surface area contributed by atoms with Gasteiger partial charge in [-0.15, -0.1) is 11.3 Å². The Kier molecular flexibility index (Phi) is 8.94. The first-order chi connectivity index (χ1) is 16.5. The highest BCUT2D eigenvalue weighted by molar-refractivity contribution is 7.17. The molecule has 180 valence electrons. The highest BCUT2D eigenvalue weighted by atomic mass is 32.1. The molecule has 2 amide bonds. The number of hydrazone groups is 1. The van der Waals surface area contributed by atoms with Crippen LogP contribution in [0.15, 0.2) is 46.9 Å². The summed E-state index contributed by atoms with van der Waals surface area (Å²) in [5.74, 6) is -0.312. The number of rotatable bonds is 11. The number of fused-ring (bicyclic) bond motifs is 1. The molecule has 2 aromatic carbocycles. The van der Waals surface area contributed by atoms with E-state index >= 15 is 0 Å². The highest BCUT2D eigenvalue weighted by Gasteiger charge is 2.15. The molecule has 10 heteroatoms. The van der Waals surface area contributed by atoms with Crippen LogP contribution in [0.25, 0.3) is 10.1 Å². The first kappa shape index (κ1) is 25.1. The summed E-state index contributed by atoms with van der Waals surface area (Å²) in [6, 6.07) is 9.60. The molecule has 0 saturated carbocycles. The molecule has 34 heavy (non-hydrogen) atoms. The molecule has 0 saturated heterocycles. The lowest BCUT2D eigenvalue weighted by Crippen LogP contribution is -2.35. The van der Waals surface area contributed by atoms with Crippen molar-refractivity contribution in [3.8, 4) is 11.5 Å². The molecule has 0 spiro atoms. The van der Waals surface area contributed by atoms with Gasteiger partial charge in [-0.1, -0.05) is 12.1 Å². The SMILES string of the molecule is CCOc1ccc(C(=O)NCC(=O)NN=C(CCOC)c2csc3c(F)cccc23)cc1OC. The van der Waals surface area contributed by atoms with Crippen LogP contribution < -0.4 is 20.2 Å². The van der Waals surface area contributed by atoms with Gasteiger partial charge in [0.05, 0.1) is 37.3 Å². The van der Waals surface area contributed by atoms with Gasteiger partial charge in [-0.25, -0.2) is 9.82 Å². The van der Waals surface area contributed by atoms with E-state index in [2.05, 4.69) is 15.8 Å². The van der Waals surface area contributed by atoms with Crippen LogP contribution in [-0.2, 0) is 9.53 Å². The van der Waals surface area contributed by atoms with Gasteiger partial charge in [0.15, 0.2) is 11.5 Å². The van der Waals surface area contributed by atoms with Crippen LogP contribution in [0, 0.1) is 5.82 Å². The molecule has 0 fully saturated rings. The minimum Gasteiger partial charge on any atom is -0.493 e. The zero-order valence-corrected chi connectivity index (χ0v) is 20.0. The number of nitrogens with zero attached hydrogens (tertiary/aromatic N) is 1. The van der Waals surface area contributed by atoms with E-state index < -0.39 is 11.8 Å². The number of amides is 2. The van der Waals surface area contributed by atoms with Gasteiger partial charge in [0.25, 0.3) is 11.8 Å². The predicted molar refractivity (Wildman–Crippen MR) is 129 cm³/mol. The average Bonchev–Trinajstić information content (AvgIpc) is 3.28. The van der Waals surface area contributed by atoms with Crippen LogP contribution >= 0.6 is 11.3 Å². The summed E-state index contributed by atoms with van der Waals surface area (Å²) in [4.78, 5) is 24.8. The smallest absolute Gasteiger partial charge is 0.259 e. The minimum absolute atomic E-state index is 0.283. The molecule has 1 aromatic heterocycles. The van der Waals surface area contributed by atoms with Crippen LogP contribution in [-0.4, -0.2) is 51.5 Å². The summed E-state index contributed by atoms with van der Waals surface area (Å²) in [6.07, 6.45) is 0.414. The summed E-state index contributed by atoms with van der Waals surface area (Å²) in [5.41, 5.74) is 4.06. The number of ether oxygens (including phenoxy) is 3. The van der Waals surface area contributed by atoms with Crippen LogP contribution in [0.5, 0.6) is 11.5 Å². The molecule has 3 rings (SSSR count). The molecule has 0 unspecified atom stereocenters. The van der Waals surface area contributed by atoms with Crippen LogP contribution in [0.3, 0.4) is 0 Å². The van der Waals surface area contributed by atoms with Crippen LogP contribution in [0.1, 0.15) is 29.3 Å². The highest BCUT2D eigenvalue weighted by Crippen LogP contribution is 2.29. The number of nitrogens with one attached hydrogen (secondary N) is 2. The summed E-state index contributed by atoms with van der Waals surface area (Å²) >= 11 is 1.27. The second-order valence-electron chi connectivity index (χ2n) is 7.08. The molecule has 3 aromatic rings. The number of benzene rings is 2. The van der Waals surface area contributed by atoms with Gasteiger partial charge < -0.3 is 19.5 Å². The van der Waals surface area contributed by atoms with Gasteiger partial charge in [-0.2, -0.15) is 5.10 Å². The fraction of sp³-hybridized carbons (Fsp3) is 0.292. The van der Waals surface area contributed by atoms with Crippen molar-refractivity contribution in [2.75, 3.05) is 34.0 Å². The van der Waals surface area contributed by atoms with Gasteiger partial charge in [0, 0.05) is 35.4 Å². The Morgan fingerprint density at radius 1 is 1.15 bits per heavy atom. The third-order valence-corrected chi connectivity index (χ3v) is 5.86. The topological polar surface area (TPSA) is 98.2 Å². The lowest BCUT2D eigenvalue weighted by Gasteiger charge is -2.11. The van der Waals surface area contributed by atoms with Gasteiger partial charge in [0.2, 0.25) is 0 Å². The van der Waals surface area contributed by atoms with Crippen LogP contribution in [0.2, 0.25) is 0 Å². The van der Waals surface area contributed by atoms with Crippen molar-refractivity contribution in [3.05, 3.63) is 58.7 Å². The van der Waals surface area contributed by atoms with Crippen molar-refractivity contribution in [2.45, 2.75) is 13.3 Å². The third-order valence-electron chi connectivity index (χ3n) is 4.86. The quantitative estimate of drug-likeness (QED) is 0.317. The monoisotopic (exact) mass is 487 g/mol. The summed E-state index contributed by atoms with van der Waals surface area (Å²) in [7, 11) is 3.05. The van der Waals surface area contributed by atoms with Crippen molar-refractivity contribution in [1.82, 2.24) is 10.7 Å². The molecular weight excluding hydrogens is 461 g/mol. The Bertz CT molecular complexity index is 1190. The fourth-order valence-electron chi connectivity index (χ4n) is 3.21. The molecule has 1 heterocycles. The molecule has 0 aliphatic heterocycles. The first-order valence-electron chi connectivity index (χ1n) is 10.6. The molecule has 2 N–H and O–H groups in total. The van der Waals surface area contributed by atoms with E-state index in [0.717, 1.165) is 5.56 Å². The van der Waals surface area contributed by atoms with Crippen molar-refractivity contribution in [3.63, 3.8) is 0 Å². The lowest BCUT2D eigenvalue weighted by molar-refractivity contribution is -0.120. The van der Waals surface area contributed by atoms with Gasteiger partial charge in [-0.3, -0.25) is 9.59 Å². The zero-order valence-electron chi connectivity index (χ0n) is 19.1. The normalized spacial score (nSPS) is 11.4. The maximum Gasteiger partial charge on any atom is 0.259 e. The van der Waals surface area contributed by atoms with Gasteiger partial charge in [-0.05, 0) is 31.2 Å². The van der Waals surface area contributed by atoms with E-state index in [4.69, 9.17) is 14.2 Å². The standard InChI is InChI=1S/C24H26FN3O5S/c1-4-33-20-9-8-15(12-21(20)32-3)24(30)26-13-22(29)28-27-19(10-11-31-2)17-14-34-23-16(17)6-5-7-18(23)25/h5-9,12,14H,4,10-11,13H2,1-3H3,(H,26,30)(H,28,29). The molecule has 0 aliphatic rings. The molecular formula is C24H26FN3O5S. The van der Waals surface area contributed by atoms with Crippen molar-refractivity contribution in [2.24, 2.45) is 5.10 Å². The van der Waals surface area contributed by atoms with E-state index in [1.54, 1.807) is 42.8 Å². The summed E-state index contributed by atoms with van der Waals surface area (Å²) < 4.78 is 30.4. The van der Waals surface area contributed by atoms with Gasteiger partial charge in [0.1, 0.15) is 5.82 Å². The maximum absolute atomic E-state index is 14.1. The number of hydrogen-bond donors (Lipinski definition) is 2. The van der Waals surface area contributed by atoms with E-state index in [1.165, 1.54) is 24.5 Å². The Hall–Kier alpha value is -3.50. The van der Waals surface area contributed by atoms with E-state index in [9.17, 15) is 14.0 Å². The lowest BCUT2D eigenvalue weighted by atomic mass is 10.1. The van der Waals surface area contributed by atoms with Gasteiger partial charge >= 0.3 is 0 Å². The molecule has 0 atom stereocenters. The first-order valence-corrected chi connectivity index (χ1v) is 11.5. The van der Waals surface area contributed by atoms with E-state index in [0.29, 0.717) is 52.5 Å². The van der Waals surface area contributed by atoms with E-state index in [1.807, 2.05) is 6.92 Å². The second kappa shape index (κ2) is 12.1. The third kappa shape index (κ3) is 6.09. The van der Waals surface area contributed by atoms with Crippen molar-refractivity contribution in [1.29, 1.82) is 0 Å². The summed E-state index contributed by atoms with van der Waals surface area (Å²) in [5, 5.41) is 9.29. The molecule has 8 nitrogen and oxygen atoms in total.